The van der Waals surface area contributed by atoms with Crippen LogP contribution in [0.25, 0.3) is 0 Å². The van der Waals surface area contributed by atoms with Gasteiger partial charge in [-0.15, -0.1) is 0 Å². The third-order valence-electron chi connectivity index (χ3n) is 1.71. The maximum Gasteiger partial charge on any atom is 0.329 e. The standard InChI is InChI=1S/C9H8O5P/c10-8(11)7(9(12)13)15(14)6-4-2-1-3-5-6/h1-5,7H,(H,10,11)(H,12,13). The summed E-state index contributed by atoms with van der Waals surface area (Å²) in [4.78, 5) is 21.2. The van der Waals surface area contributed by atoms with Crippen molar-refractivity contribution in [3.8, 4) is 0 Å². The average Bonchev–Trinajstić information content (AvgIpc) is 2.18. The van der Waals surface area contributed by atoms with E-state index in [2.05, 4.69) is 0 Å². The second-order valence-corrected chi connectivity index (χ2v) is 4.42. The zero-order valence-electron chi connectivity index (χ0n) is 7.53. The molecule has 1 unspecified atom stereocenters. The summed E-state index contributed by atoms with van der Waals surface area (Å²) in [7, 11) is -2.47. The van der Waals surface area contributed by atoms with E-state index in [0.717, 1.165) is 0 Å². The molecular weight excluding hydrogens is 219 g/mol. The molecule has 2 N–H and O–H groups in total. The molecule has 0 aliphatic rings. The van der Waals surface area contributed by atoms with Crippen LogP contribution in [0.2, 0.25) is 0 Å². The Balaban J connectivity index is 3.02. The van der Waals surface area contributed by atoms with E-state index >= 15 is 0 Å². The van der Waals surface area contributed by atoms with Crippen LogP contribution in [0.15, 0.2) is 30.3 Å². The second-order valence-electron chi connectivity index (χ2n) is 2.74. The fourth-order valence-corrected chi connectivity index (χ4v) is 2.20. The molecule has 0 saturated heterocycles. The minimum absolute atomic E-state index is 0.224. The first-order valence-electron chi connectivity index (χ1n) is 4.01. The summed E-state index contributed by atoms with van der Waals surface area (Å²) < 4.78 is 11.6. The lowest BCUT2D eigenvalue weighted by molar-refractivity contribution is -0.146. The van der Waals surface area contributed by atoms with E-state index in [1.807, 2.05) is 0 Å². The molecule has 79 valence electrons. The molecule has 1 aromatic carbocycles. The Hall–Kier alpha value is -1.74. The highest BCUT2D eigenvalue weighted by molar-refractivity contribution is 7.56. The predicted octanol–water partition coefficient (Wildman–Crippen LogP) is 0.677. The zero-order valence-corrected chi connectivity index (χ0v) is 8.42. The van der Waals surface area contributed by atoms with E-state index in [1.54, 1.807) is 18.2 Å². The van der Waals surface area contributed by atoms with Crippen molar-refractivity contribution in [1.29, 1.82) is 0 Å². The third kappa shape index (κ3) is 2.60. The molecule has 1 atom stereocenters. The summed E-state index contributed by atoms with van der Waals surface area (Å²) in [6.45, 7) is 0. The van der Waals surface area contributed by atoms with Gasteiger partial charge in [-0.1, -0.05) is 18.2 Å². The minimum atomic E-state index is -2.47. The SMILES string of the molecule is O=C(O)C(C(=O)O)[P](=O)c1ccccc1. The van der Waals surface area contributed by atoms with Crippen LogP contribution in [0, 0.1) is 0 Å². The van der Waals surface area contributed by atoms with Gasteiger partial charge in [0.05, 0.1) is 0 Å². The Morgan fingerprint density at radius 1 is 1.07 bits per heavy atom. The fourth-order valence-electron chi connectivity index (χ4n) is 1.03. The first-order valence-corrected chi connectivity index (χ1v) is 5.34. The van der Waals surface area contributed by atoms with E-state index in [1.165, 1.54) is 12.1 Å². The van der Waals surface area contributed by atoms with Gasteiger partial charge in [0.1, 0.15) is 7.80 Å². The summed E-state index contributed by atoms with van der Waals surface area (Å²) in [5, 5.41) is 17.4. The lowest BCUT2D eigenvalue weighted by Crippen LogP contribution is -2.28. The number of rotatable bonds is 4. The van der Waals surface area contributed by atoms with Gasteiger partial charge in [0.2, 0.25) is 5.66 Å². The molecule has 0 heterocycles. The molecule has 0 aromatic heterocycles. The van der Waals surface area contributed by atoms with Gasteiger partial charge in [-0.2, -0.15) is 0 Å². The van der Waals surface area contributed by atoms with E-state index < -0.39 is 25.4 Å². The smallest absolute Gasteiger partial charge is 0.329 e. The second kappa shape index (κ2) is 4.66. The van der Waals surface area contributed by atoms with Crippen LogP contribution in [0.3, 0.4) is 0 Å². The maximum atomic E-state index is 11.6. The summed E-state index contributed by atoms with van der Waals surface area (Å²) in [6.07, 6.45) is 0. The molecule has 5 nitrogen and oxygen atoms in total. The summed E-state index contributed by atoms with van der Waals surface area (Å²) in [6, 6.07) is 7.70. The number of carbonyl (C=O) groups is 2. The van der Waals surface area contributed by atoms with Crippen LogP contribution < -0.4 is 5.30 Å². The lowest BCUT2D eigenvalue weighted by atomic mass is 10.4. The van der Waals surface area contributed by atoms with Crippen molar-refractivity contribution in [2.45, 2.75) is 5.66 Å². The molecule has 0 aliphatic carbocycles. The van der Waals surface area contributed by atoms with Gasteiger partial charge in [0, 0.05) is 5.30 Å². The van der Waals surface area contributed by atoms with E-state index in [-0.39, 0.29) is 5.30 Å². The Kier molecular flexibility index (Phi) is 3.52. The van der Waals surface area contributed by atoms with Crippen molar-refractivity contribution in [2.75, 3.05) is 0 Å². The van der Waals surface area contributed by atoms with Crippen molar-refractivity contribution < 1.29 is 24.4 Å². The normalized spacial score (nSPS) is 11.1. The topological polar surface area (TPSA) is 91.7 Å². The highest BCUT2D eigenvalue weighted by Gasteiger charge is 2.33. The highest BCUT2D eigenvalue weighted by atomic mass is 31.1. The van der Waals surface area contributed by atoms with Crippen molar-refractivity contribution in [3.63, 3.8) is 0 Å². The number of hydrogen-bond acceptors (Lipinski definition) is 3. The number of benzene rings is 1. The van der Waals surface area contributed by atoms with Gasteiger partial charge >= 0.3 is 11.9 Å². The Bertz CT molecular complexity index is 386. The zero-order chi connectivity index (χ0) is 11.4. The van der Waals surface area contributed by atoms with Crippen molar-refractivity contribution in [3.05, 3.63) is 30.3 Å². The third-order valence-corrected chi connectivity index (χ3v) is 3.43. The van der Waals surface area contributed by atoms with Crippen LogP contribution >= 0.6 is 7.80 Å². The van der Waals surface area contributed by atoms with Gasteiger partial charge in [0.25, 0.3) is 0 Å². The van der Waals surface area contributed by atoms with Crippen LogP contribution in [0.1, 0.15) is 0 Å². The molecule has 15 heavy (non-hydrogen) atoms. The van der Waals surface area contributed by atoms with Crippen molar-refractivity contribution in [2.24, 2.45) is 0 Å². The molecule has 0 amide bonds. The monoisotopic (exact) mass is 227 g/mol. The largest absolute Gasteiger partial charge is 0.480 e. The molecule has 0 saturated carbocycles. The Morgan fingerprint density at radius 3 is 1.93 bits per heavy atom. The van der Waals surface area contributed by atoms with Gasteiger partial charge < -0.3 is 10.2 Å². The summed E-state index contributed by atoms with van der Waals surface area (Å²) in [5.41, 5.74) is -1.89. The average molecular weight is 227 g/mol. The number of hydrogen-bond donors (Lipinski definition) is 2. The van der Waals surface area contributed by atoms with Gasteiger partial charge in [-0.05, 0) is 12.1 Å². The van der Waals surface area contributed by atoms with Gasteiger partial charge in [-0.25, -0.2) is 0 Å². The summed E-state index contributed by atoms with van der Waals surface area (Å²) in [5.74, 6) is -3.18. The molecule has 0 fully saturated rings. The summed E-state index contributed by atoms with van der Waals surface area (Å²) >= 11 is 0. The highest BCUT2D eigenvalue weighted by Crippen LogP contribution is 2.27. The molecule has 6 heteroatoms. The fraction of sp³-hybridized carbons (Fsp3) is 0.111. The number of aliphatic carboxylic acids is 2. The van der Waals surface area contributed by atoms with E-state index in [9.17, 15) is 14.2 Å². The Labute approximate surface area is 86.1 Å². The van der Waals surface area contributed by atoms with Crippen LogP contribution in [0.5, 0.6) is 0 Å². The first-order chi connectivity index (χ1) is 7.04. The van der Waals surface area contributed by atoms with Crippen molar-refractivity contribution in [1.82, 2.24) is 0 Å². The predicted molar refractivity (Wildman–Crippen MR) is 52.7 cm³/mol. The van der Waals surface area contributed by atoms with Gasteiger partial charge in [-0.3, -0.25) is 14.2 Å². The lowest BCUT2D eigenvalue weighted by Gasteiger charge is -2.06. The number of carboxylic acids is 2. The molecule has 0 spiro atoms. The molecular formula is C9H8O5P. The molecule has 0 aliphatic heterocycles. The molecule has 1 aromatic rings. The first kappa shape index (κ1) is 11.3. The Morgan fingerprint density at radius 2 is 1.53 bits per heavy atom. The van der Waals surface area contributed by atoms with Crippen LogP contribution in [-0.4, -0.2) is 27.8 Å². The molecule has 1 radical (unpaired) electrons. The van der Waals surface area contributed by atoms with Crippen LogP contribution in [0.4, 0.5) is 0 Å². The molecule has 1 rings (SSSR count). The van der Waals surface area contributed by atoms with E-state index in [4.69, 9.17) is 10.2 Å². The number of carboxylic acid groups (broad SMARTS) is 2. The quantitative estimate of drug-likeness (QED) is 0.582. The minimum Gasteiger partial charge on any atom is -0.480 e. The molecule has 0 bridgehead atoms. The van der Waals surface area contributed by atoms with E-state index in [0.29, 0.717) is 0 Å². The van der Waals surface area contributed by atoms with Gasteiger partial charge in [0.15, 0.2) is 0 Å². The maximum absolute atomic E-state index is 11.6. The van der Waals surface area contributed by atoms with Crippen LogP contribution in [-0.2, 0) is 14.2 Å². The van der Waals surface area contributed by atoms with Crippen molar-refractivity contribution >= 4 is 25.0 Å².